The van der Waals surface area contributed by atoms with Gasteiger partial charge < -0.3 is 14.6 Å². The molecule has 3 rings (SSSR count). The lowest BCUT2D eigenvalue weighted by Crippen LogP contribution is -2.02. The number of halogens is 2. The van der Waals surface area contributed by atoms with Gasteiger partial charge in [-0.05, 0) is 23.8 Å². The fourth-order valence-corrected chi connectivity index (χ4v) is 2.94. The van der Waals surface area contributed by atoms with Gasteiger partial charge in [0.25, 0.3) is 0 Å². The third-order valence-corrected chi connectivity index (χ3v) is 4.15. The second kappa shape index (κ2) is 6.26. The van der Waals surface area contributed by atoms with Crippen molar-refractivity contribution in [3.8, 4) is 11.5 Å². The summed E-state index contributed by atoms with van der Waals surface area (Å²) in [6, 6.07) is 11.0. The zero-order chi connectivity index (χ0) is 14.8. The Kier molecular flexibility index (Phi) is 4.38. The summed E-state index contributed by atoms with van der Waals surface area (Å²) in [6.45, 7) is 1.21. The summed E-state index contributed by atoms with van der Waals surface area (Å²) in [5, 5.41) is 11.0. The summed E-state index contributed by atoms with van der Waals surface area (Å²) >= 11 is 9.69. The van der Waals surface area contributed by atoms with E-state index in [2.05, 4.69) is 15.9 Å². The highest BCUT2D eigenvalue weighted by Crippen LogP contribution is 2.39. The molecule has 110 valence electrons. The molecule has 0 radical (unpaired) electrons. The van der Waals surface area contributed by atoms with E-state index in [4.69, 9.17) is 21.1 Å². The highest BCUT2D eigenvalue weighted by atomic mass is 79.9. The minimum atomic E-state index is -0.813. The molecule has 0 aliphatic carbocycles. The predicted molar refractivity (Wildman–Crippen MR) is 85.3 cm³/mol. The van der Waals surface area contributed by atoms with E-state index >= 15 is 0 Å². The molecule has 0 spiro atoms. The van der Waals surface area contributed by atoms with Crippen molar-refractivity contribution < 1.29 is 14.6 Å². The molecule has 1 aliphatic rings. The standard InChI is InChI=1S/C16H14BrClO3/c17-11-4-1-3-10(7-11)16(19)12-8-14-15(9-13(12)18)21-6-2-5-20-14/h1,3-4,7-9,16,19H,2,5-6H2. The number of benzene rings is 2. The lowest BCUT2D eigenvalue weighted by molar-refractivity contribution is 0.219. The van der Waals surface area contributed by atoms with Crippen LogP contribution in [0.2, 0.25) is 5.02 Å². The molecule has 0 saturated carbocycles. The molecule has 0 fully saturated rings. The third kappa shape index (κ3) is 3.18. The summed E-state index contributed by atoms with van der Waals surface area (Å²) in [7, 11) is 0. The van der Waals surface area contributed by atoms with Crippen molar-refractivity contribution in [2.24, 2.45) is 0 Å². The molecule has 3 nitrogen and oxygen atoms in total. The molecule has 21 heavy (non-hydrogen) atoms. The SMILES string of the molecule is OC(c1cccc(Br)c1)c1cc2c(cc1Cl)OCCCO2. The minimum Gasteiger partial charge on any atom is -0.490 e. The van der Waals surface area contributed by atoms with E-state index in [-0.39, 0.29) is 0 Å². The van der Waals surface area contributed by atoms with Gasteiger partial charge >= 0.3 is 0 Å². The number of hydrogen-bond acceptors (Lipinski definition) is 3. The van der Waals surface area contributed by atoms with E-state index in [1.807, 2.05) is 24.3 Å². The topological polar surface area (TPSA) is 38.7 Å². The molecule has 1 heterocycles. The molecule has 1 unspecified atom stereocenters. The van der Waals surface area contributed by atoms with Gasteiger partial charge in [0.2, 0.25) is 0 Å². The summed E-state index contributed by atoms with van der Waals surface area (Å²) in [5.74, 6) is 1.25. The number of aliphatic hydroxyl groups is 1. The first-order valence-corrected chi connectivity index (χ1v) is 7.85. The Morgan fingerprint density at radius 3 is 2.52 bits per heavy atom. The average molecular weight is 370 g/mol. The lowest BCUT2D eigenvalue weighted by atomic mass is 10.0. The number of aliphatic hydroxyl groups excluding tert-OH is 1. The average Bonchev–Trinajstić information content (AvgIpc) is 2.70. The van der Waals surface area contributed by atoms with E-state index < -0.39 is 6.10 Å². The second-order valence-corrected chi connectivity index (χ2v) is 6.15. The van der Waals surface area contributed by atoms with Crippen LogP contribution < -0.4 is 9.47 Å². The Morgan fingerprint density at radius 1 is 1.10 bits per heavy atom. The van der Waals surface area contributed by atoms with Crippen LogP contribution in [0.25, 0.3) is 0 Å². The van der Waals surface area contributed by atoms with Crippen molar-refractivity contribution >= 4 is 27.5 Å². The van der Waals surface area contributed by atoms with Gasteiger partial charge in [-0.15, -0.1) is 0 Å². The van der Waals surface area contributed by atoms with Gasteiger partial charge in [0.05, 0.1) is 18.2 Å². The van der Waals surface area contributed by atoms with Crippen LogP contribution in [-0.2, 0) is 0 Å². The molecule has 1 aliphatic heterocycles. The maximum atomic E-state index is 10.6. The molecule has 0 amide bonds. The van der Waals surface area contributed by atoms with Crippen LogP contribution in [0.4, 0.5) is 0 Å². The summed E-state index contributed by atoms with van der Waals surface area (Å²) in [5.41, 5.74) is 1.37. The van der Waals surface area contributed by atoms with Gasteiger partial charge in [-0.3, -0.25) is 0 Å². The van der Waals surface area contributed by atoms with Gasteiger partial charge in [0, 0.05) is 22.5 Å². The Morgan fingerprint density at radius 2 is 1.81 bits per heavy atom. The van der Waals surface area contributed by atoms with Crippen LogP contribution in [0.5, 0.6) is 11.5 Å². The third-order valence-electron chi connectivity index (χ3n) is 3.33. The van der Waals surface area contributed by atoms with Crippen LogP contribution in [0, 0.1) is 0 Å². The van der Waals surface area contributed by atoms with Crippen molar-refractivity contribution in [2.45, 2.75) is 12.5 Å². The number of rotatable bonds is 2. The normalized spacial score (nSPS) is 15.4. The zero-order valence-corrected chi connectivity index (χ0v) is 13.5. The fraction of sp³-hybridized carbons (Fsp3) is 0.250. The molecular formula is C16H14BrClO3. The molecule has 0 aromatic heterocycles. The Labute approximate surface area is 136 Å². The van der Waals surface area contributed by atoms with E-state index in [0.29, 0.717) is 35.3 Å². The van der Waals surface area contributed by atoms with Gasteiger partial charge in [0.15, 0.2) is 11.5 Å². The fourth-order valence-electron chi connectivity index (χ4n) is 2.27. The van der Waals surface area contributed by atoms with E-state index in [9.17, 15) is 5.11 Å². The van der Waals surface area contributed by atoms with Gasteiger partial charge in [-0.2, -0.15) is 0 Å². The van der Waals surface area contributed by atoms with Crippen LogP contribution >= 0.6 is 27.5 Å². The maximum absolute atomic E-state index is 10.6. The monoisotopic (exact) mass is 368 g/mol. The first kappa shape index (κ1) is 14.7. The van der Waals surface area contributed by atoms with Crippen molar-refractivity contribution in [3.63, 3.8) is 0 Å². The largest absolute Gasteiger partial charge is 0.490 e. The maximum Gasteiger partial charge on any atom is 0.162 e. The first-order chi connectivity index (χ1) is 10.1. The van der Waals surface area contributed by atoms with Gasteiger partial charge in [-0.1, -0.05) is 39.7 Å². The van der Waals surface area contributed by atoms with Crippen molar-refractivity contribution in [2.75, 3.05) is 13.2 Å². The Bertz CT molecular complexity index is 660. The lowest BCUT2D eigenvalue weighted by Gasteiger charge is -2.16. The highest BCUT2D eigenvalue weighted by molar-refractivity contribution is 9.10. The van der Waals surface area contributed by atoms with Gasteiger partial charge in [0.1, 0.15) is 6.10 Å². The van der Waals surface area contributed by atoms with E-state index in [1.165, 1.54) is 0 Å². The smallest absolute Gasteiger partial charge is 0.162 e. The number of ether oxygens (including phenoxy) is 2. The predicted octanol–water partition coefficient (Wildman–Crippen LogP) is 4.35. The number of hydrogen-bond donors (Lipinski definition) is 1. The first-order valence-electron chi connectivity index (χ1n) is 6.68. The summed E-state index contributed by atoms with van der Waals surface area (Å²) in [6.07, 6.45) is 0.0164. The molecule has 2 aromatic rings. The van der Waals surface area contributed by atoms with Crippen LogP contribution in [0.3, 0.4) is 0 Å². The Balaban J connectivity index is 2.00. The zero-order valence-electron chi connectivity index (χ0n) is 11.2. The molecule has 0 saturated heterocycles. The molecule has 2 aromatic carbocycles. The van der Waals surface area contributed by atoms with Crippen molar-refractivity contribution in [1.29, 1.82) is 0 Å². The molecular weight excluding hydrogens is 356 g/mol. The van der Waals surface area contributed by atoms with Crippen molar-refractivity contribution in [3.05, 3.63) is 57.0 Å². The Hall–Kier alpha value is -1.23. The summed E-state index contributed by atoms with van der Waals surface area (Å²) < 4.78 is 12.1. The van der Waals surface area contributed by atoms with Crippen LogP contribution in [0.1, 0.15) is 23.7 Å². The molecule has 1 atom stereocenters. The molecule has 0 bridgehead atoms. The molecule has 5 heteroatoms. The number of fused-ring (bicyclic) bond motifs is 1. The second-order valence-electron chi connectivity index (χ2n) is 4.83. The summed E-state index contributed by atoms with van der Waals surface area (Å²) in [4.78, 5) is 0. The van der Waals surface area contributed by atoms with Crippen molar-refractivity contribution in [1.82, 2.24) is 0 Å². The minimum absolute atomic E-state index is 0.465. The van der Waals surface area contributed by atoms with Crippen LogP contribution in [-0.4, -0.2) is 18.3 Å². The van der Waals surface area contributed by atoms with Gasteiger partial charge in [-0.25, -0.2) is 0 Å². The highest BCUT2D eigenvalue weighted by Gasteiger charge is 2.20. The quantitative estimate of drug-likeness (QED) is 0.855. The molecule has 1 N–H and O–H groups in total. The van der Waals surface area contributed by atoms with E-state index in [1.54, 1.807) is 12.1 Å². The van der Waals surface area contributed by atoms with E-state index in [0.717, 1.165) is 16.5 Å². The van der Waals surface area contributed by atoms with Crippen LogP contribution in [0.15, 0.2) is 40.9 Å².